The first-order chi connectivity index (χ1) is 14.5. The number of aromatic amines is 1. The molecule has 0 bridgehead atoms. The van der Waals surface area contributed by atoms with Crippen LogP contribution in [0.1, 0.15) is 37.4 Å². The summed E-state index contributed by atoms with van der Waals surface area (Å²) in [7, 11) is -3.24. The van der Waals surface area contributed by atoms with Gasteiger partial charge in [0.1, 0.15) is 11.8 Å². The Labute approximate surface area is 175 Å². The quantitative estimate of drug-likeness (QED) is 0.663. The predicted octanol–water partition coefficient (Wildman–Crippen LogP) is 3.98. The van der Waals surface area contributed by atoms with Gasteiger partial charge in [-0.2, -0.15) is 5.26 Å². The molecule has 3 heterocycles. The molecule has 8 heteroatoms. The highest BCUT2D eigenvalue weighted by Crippen LogP contribution is 2.48. The van der Waals surface area contributed by atoms with E-state index in [1.165, 1.54) is 6.26 Å². The molecule has 3 aromatic rings. The minimum atomic E-state index is -3.24. The number of fused-ring (bicyclic) bond motifs is 3. The Morgan fingerprint density at radius 3 is 2.53 bits per heavy atom. The summed E-state index contributed by atoms with van der Waals surface area (Å²) in [6.07, 6.45) is 8.56. The third kappa shape index (κ3) is 3.10. The summed E-state index contributed by atoms with van der Waals surface area (Å²) in [6, 6.07) is 11.9. The molecular formula is C22H23N5O2S. The summed E-state index contributed by atoms with van der Waals surface area (Å²) in [5, 5.41) is 14.0. The fraction of sp³-hybridized carbons (Fsp3) is 0.364. The van der Waals surface area contributed by atoms with Crippen LogP contribution in [0.2, 0.25) is 0 Å². The van der Waals surface area contributed by atoms with Crippen molar-refractivity contribution in [3.63, 3.8) is 0 Å². The van der Waals surface area contributed by atoms with Crippen molar-refractivity contribution in [1.82, 2.24) is 9.97 Å². The zero-order valence-corrected chi connectivity index (χ0v) is 17.5. The molecule has 0 amide bonds. The number of hydrogen-bond donors (Lipinski definition) is 2. The fourth-order valence-electron chi connectivity index (χ4n) is 4.74. The highest BCUT2D eigenvalue weighted by molar-refractivity contribution is 7.90. The van der Waals surface area contributed by atoms with E-state index in [9.17, 15) is 13.7 Å². The molecule has 1 unspecified atom stereocenters. The molecule has 2 N–H and O–H groups in total. The number of benzene rings is 1. The van der Waals surface area contributed by atoms with E-state index in [1.54, 1.807) is 12.1 Å². The van der Waals surface area contributed by atoms with E-state index in [1.807, 2.05) is 30.6 Å². The number of rotatable bonds is 3. The van der Waals surface area contributed by atoms with Crippen LogP contribution in [-0.2, 0) is 9.84 Å². The summed E-state index contributed by atoms with van der Waals surface area (Å²) in [4.78, 5) is 10.4. The molecule has 1 fully saturated rings. The zero-order valence-electron chi connectivity index (χ0n) is 16.7. The molecule has 2 aromatic heterocycles. The van der Waals surface area contributed by atoms with Gasteiger partial charge in [0.15, 0.2) is 9.84 Å². The lowest BCUT2D eigenvalue weighted by Crippen LogP contribution is -2.40. The summed E-state index contributed by atoms with van der Waals surface area (Å²) >= 11 is 0. The maximum absolute atomic E-state index is 11.9. The Bertz CT molecular complexity index is 1230. The summed E-state index contributed by atoms with van der Waals surface area (Å²) in [5.74, 6) is 0.133. The van der Waals surface area contributed by atoms with Gasteiger partial charge in [0.25, 0.3) is 0 Å². The average molecular weight is 422 g/mol. The van der Waals surface area contributed by atoms with E-state index in [0.29, 0.717) is 10.9 Å². The first-order valence-electron chi connectivity index (χ1n) is 10.2. The minimum Gasteiger partial charge on any atom is -0.358 e. The SMILES string of the molecule is CS(=O)(=O)c1ccc(C2Nc3cnc4[nH]ccc4c3N2[C@H]2CC[C@H](C#N)CC2)cc1. The molecule has 1 aliphatic carbocycles. The molecule has 2 aliphatic rings. The van der Waals surface area contributed by atoms with Gasteiger partial charge in [-0.3, -0.25) is 0 Å². The van der Waals surface area contributed by atoms with E-state index >= 15 is 0 Å². The highest BCUT2D eigenvalue weighted by Gasteiger charge is 2.38. The van der Waals surface area contributed by atoms with Crippen molar-refractivity contribution >= 4 is 32.2 Å². The van der Waals surface area contributed by atoms with Crippen molar-refractivity contribution in [2.45, 2.75) is 42.8 Å². The molecule has 1 aromatic carbocycles. The maximum atomic E-state index is 11.9. The van der Waals surface area contributed by atoms with Gasteiger partial charge in [0, 0.05) is 29.8 Å². The van der Waals surface area contributed by atoms with Gasteiger partial charge in [0.2, 0.25) is 0 Å². The molecule has 1 saturated carbocycles. The molecule has 154 valence electrons. The molecule has 7 nitrogen and oxygen atoms in total. The van der Waals surface area contributed by atoms with Crippen molar-refractivity contribution in [1.29, 1.82) is 5.26 Å². The van der Waals surface area contributed by atoms with E-state index in [4.69, 9.17) is 0 Å². The summed E-state index contributed by atoms with van der Waals surface area (Å²) < 4.78 is 23.7. The Balaban J connectivity index is 1.57. The Kier molecular flexibility index (Phi) is 4.44. The number of hydrogen-bond acceptors (Lipinski definition) is 6. The number of sulfone groups is 1. The number of nitrogens with one attached hydrogen (secondary N) is 2. The van der Waals surface area contributed by atoms with E-state index < -0.39 is 9.84 Å². The second-order valence-corrected chi connectivity index (χ2v) is 10.2. The number of nitriles is 1. The number of pyridine rings is 1. The monoisotopic (exact) mass is 421 g/mol. The van der Waals surface area contributed by atoms with E-state index in [-0.39, 0.29) is 12.1 Å². The first-order valence-corrected chi connectivity index (χ1v) is 12.1. The smallest absolute Gasteiger partial charge is 0.175 e. The predicted molar refractivity (Wildman–Crippen MR) is 116 cm³/mol. The van der Waals surface area contributed by atoms with Gasteiger partial charge in [-0.15, -0.1) is 0 Å². The number of aromatic nitrogens is 2. The van der Waals surface area contributed by atoms with Crippen LogP contribution in [0, 0.1) is 17.2 Å². The second-order valence-electron chi connectivity index (χ2n) is 8.19. The standard InChI is InChI=1S/C22H23N5O2S/c1-30(28,29)17-8-4-15(5-9-17)22-26-19-13-25-21-18(10-11-24-21)20(19)27(22)16-6-2-14(12-23)3-7-16/h4-5,8-11,13-14,16,22,26H,2-3,6-7H2,1H3,(H,24,25)/t14-,16-,22?. The topological polar surface area (TPSA) is 102 Å². The first kappa shape index (κ1) is 18.9. The lowest BCUT2D eigenvalue weighted by Gasteiger charge is -2.38. The molecule has 0 spiro atoms. The minimum absolute atomic E-state index is 0.112. The van der Waals surface area contributed by atoms with Crippen LogP contribution in [0.5, 0.6) is 0 Å². The number of anilines is 2. The van der Waals surface area contributed by atoms with E-state index in [0.717, 1.165) is 53.7 Å². The normalized spacial score (nSPS) is 23.7. The average Bonchev–Trinajstić information content (AvgIpc) is 3.37. The maximum Gasteiger partial charge on any atom is 0.175 e. The number of H-pyrrole nitrogens is 1. The van der Waals surface area contributed by atoms with Crippen molar-refractivity contribution in [3.8, 4) is 6.07 Å². The third-order valence-electron chi connectivity index (χ3n) is 6.28. The van der Waals surface area contributed by atoms with Crippen LogP contribution in [0.4, 0.5) is 11.4 Å². The molecule has 0 radical (unpaired) electrons. The van der Waals surface area contributed by atoms with Crippen LogP contribution < -0.4 is 10.2 Å². The molecule has 30 heavy (non-hydrogen) atoms. The van der Waals surface area contributed by atoms with Crippen LogP contribution in [-0.4, -0.2) is 30.7 Å². The van der Waals surface area contributed by atoms with Gasteiger partial charge in [-0.1, -0.05) is 12.1 Å². The second kappa shape index (κ2) is 7.03. The van der Waals surface area contributed by atoms with Gasteiger partial charge in [-0.25, -0.2) is 13.4 Å². The summed E-state index contributed by atoms with van der Waals surface area (Å²) in [5.41, 5.74) is 3.95. The lowest BCUT2D eigenvalue weighted by molar-refractivity contribution is 0.356. The third-order valence-corrected chi connectivity index (χ3v) is 7.41. The van der Waals surface area contributed by atoms with Crippen molar-refractivity contribution in [2.24, 2.45) is 5.92 Å². The van der Waals surface area contributed by atoms with Gasteiger partial charge < -0.3 is 15.2 Å². The zero-order chi connectivity index (χ0) is 20.9. The summed E-state index contributed by atoms with van der Waals surface area (Å²) in [6.45, 7) is 0. The molecule has 5 rings (SSSR count). The van der Waals surface area contributed by atoms with Gasteiger partial charge in [-0.05, 0) is 49.4 Å². The molecule has 0 saturated heterocycles. The van der Waals surface area contributed by atoms with Crippen molar-refractivity contribution in [2.75, 3.05) is 16.5 Å². The molecule has 1 aliphatic heterocycles. The largest absolute Gasteiger partial charge is 0.358 e. The highest BCUT2D eigenvalue weighted by atomic mass is 32.2. The van der Waals surface area contributed by atoms with Crippen LogP contribution in [0.15, 0.2) is 47.6 Å². The molecule has 1 atom stereocenters. The fourth-order valence-corrected chi connectivity index (χ4v) is 5.37. The van der Waals surface area contributed by atoms with Crippen LogP contribution in [0.3, 0.4) is 0 Å². The Morgan fingerprint density at radius 1 is 1.13 bits per heavy atom. The van der Waals surface area contributed by atoms with Crippen LogP contribution >= 0.6 is 0 Å². The van der Waals surface area contributed by atoms with E-state index in [2.05, 4.69) is 26.3 Å². The number of nitrogens with zero attached hydrogens (tertiary/aromatic N) is 3. The van der Waals surface area contributed by atoms with Crippen molar-refractivity contribution < 1.29 is 8.42 Å². The Morgan fingerprint density at radius 2 is 1.87 bits per heavy atom. The molecular weight excluding hydrogens is 398 g/mol. The van der Waals surface area contributed by atoms with Gasteiger partial charge >= 0.3 is 0 Å². The van der Waals surface area contributed by atoms with Crippen LogP contribution in [0.25, 0.3) is 11.0 Å². The lowest BCUT2D eigenvalue weighted by atomic mass is 9.85. The van der Waals surface area contributed by atoms with Crippen molar-refractivity contribution in [3.05, 3.63) is 48.3 Å². The Hall–Kier alpha value is -3.05. The van der Waals surface area contributed by atoms with Gasteiger partial charge in [0.05, 0.1) is 28.5 Å².